The third kappa shape index (κ3) is 9.02. The van der Waals surface area contributed by atoms with Gasteiger partial charge in [-0.05, 0) is 100 Å². The fourth-order valence-electron chi connectivity index (χ4n) is 13.6. The number of nitrogens with zero attached hydrogens (tertiary/aromatic N) is 5. The zero-order valence-electron chi connectivity index (χ0n) is 41.6. The van der Waals surface area contributed by atoms with Gasteiger partial charge in [0.05, 0.1) is 33.5 Å². The highest BCUT2D eigenvalue weighted by molar-refractivity contribution is 5.57. The minimum Gasteiger partial charge on any atom is -0.497 e. The van der Waals surface area contributed by atoms with Crippen molar-refractivity contribution < 1.29 is 57.4 Å². The molecule has 19 nitrogen and oxygen atoms in total. The van der Waals surface area contributed by atoms with Crippen LogP contribution in [0, 0.1) is 47.3 Å². The molecule has 382 valence electrons. The van der Waals surface area contributed by atoms with Crippen molar-refractivity contribution in [1.29, 1.82) is 0 Å². The fourth-order valence-corrected chi connectivity index (χ4v) is 13.6. The van der Waals surface area contributed by atoms with Crippen molar-refractivity contribution in [2.75, 3.05) is 88.3 Å². The second-order valence-electron chi connectivity index (χ2n) is 21.8. The Labute approximate surface area is 406 Å². The zero-order valence-corrected chi connectivity index (χ0v) is 41.6. The second-order valence-corrected chi connectivity index (χ2v) is 21.8. The van der Waals surface area contributed by atoms with Gasteiger partial charge in [0.15, 0.2) is 36.4 Å². The molecule has 0 amide bonds. The van der Waals surface area contributed by atoms with Gasteiger partial charge in [-0.2, -0.15) is 15.0 Å². The maximum atomic E-state index is 6.80. The van der Waals surface area contributed by atoms with E-state index in [1.807, 2.05) is 38.1 Å². The number of ether oxygens (including phenoxy) is 8. The molecule has 69 heavy (non-hydrogen) atoms. The lowest BCUT2D eigenvalue weighted by molar-refractivity contribution is -0.577. The monoisotopic (exact) mass is 966 g/mol. The molecule has 9 saturated heterocycles. The summed E-state index contributed by atoms with van der Waals surface area (Å²) in [7, 11) is 1.65. The molecule has 13 rings (SSSR count). The quantitative estimate of drug-likeness (QED) is 0.171. The fraction of sp³-hybridized carbons (Fsp3) is 0.820. The van der Waals surface area contributed by atoms with E-state index >= 15 is 0 Å². The second kappa shape index (κ2) is 19.4. The number of hydrogen-bond donors (Lipinski definition) is 2. The van der Waals surface area contributed by atoms with Crippen LogP contribution in [-0.4, -0.2) is 141 Å². The van der Waals surface area contributed by atoms with Gasteiger partial charge in [0.2, 0.25) is 29.4 Å². The highest BCUT2D eigenvalue weighted by Crippen LogP contribution is 2.62. The smallest absolute Gasteiger partial charge is 0.233 e. The van der Waals surface area contributed by atoms with Crippen LogP contribution in [-0.2, 0) is 52.7 Å². The number of morpholine rings is 1. The van der Waals surface area contributed by atoms with E-state index in [-0.39, 0.29) is 23.7 Å². The number of rotatable bonds is 16. The molecule has 9 aliphatic heterocycles. The zero-order chi connectivity index (χ0) is 47.5. The molecule has 11 fully saturated rings. The first-order valence-electron chi connectivity index (χ1n) is 26.0. The van der Waals surface area contributed by atoms with Crippen LogP contribution in [0.4, 0.5) is 23.5 Å². The maximum absolute atomic E-state index is 6.80. The van der Waals surface area contributed by atoms with Crippen LogP contribution in [0.25, 0.3) is 0 Å². The molecule has 1 aromatic carbocycles. The number of benzene rings is 1. The molecule has 2 spiro atoms. The Bertz CT molecular complexity index is 2010. The molecule has 16 atom stereocenters. The molecular weight excluding hydrogens is 891 g/mol. The van der Waals surface area contributed by atoms with Crippen molar-refractivity contribution in [3.05, 3.63) is 24.3 Å². The molecule has 11 aliphatic rings. The number of hydrogen-bond acceptors (Lipinski definition) is 19. The first-order chi connectivity index (χ1) is 33.4. The number of fused-ring (bicyclic) bond motifs is 4. The van der Waals surface area contributed by atoms with Crippen LogP contribution in [0.15, 0.2) is 24.3 Å². The minimum absolute atomic E-state index is 0.0725. The van der Waals surface area contributed by atoms with Crippen LogP contribution in [0.5, 0.6) is 5.75 Å². The van der Waals surface area contributed by atoms with Gasteiger partial charge < -0.3 is 53.4 Å². The Morgan fingerprint density at radius 3 is 1.77 bits per heavy atom. The minimum atomic E-state index is -0.849. The Hall–Kier alpha value is -3.05. The van der Waals surface area contributed by atoms with Crippen molar-refractivity contribution in [2.45, 2.75) is 141 Å². The van der Waals surface area contributed by atoms with E-state index < -0.39 is 47.9 Å². The summed E-state index contributed by atoms with van der Waals surface area (Å²) in [5.41, 5.74) is -0.451. The number of aromatic nitrogens is 3. The normalized spacial score (nSPS) is 42.3. The average molecular weight is 966 g/mol. The molecule has 2 aromatic rings. The van der Waals surface area contributed by atoms with E-state index in [1.165, 1.54) is 0 Å². The summed E-state index contributed by atoms with van der Waals surface area (Å²) in [4.78, 5) is 43.9. The lowest BCUT2D eigenvalue weighted by atomic mass is 9.58. The molecule has 19 heteroatoms. The van der Waals surface area contributed by atoms with Gasteiger partial charge in [-0.1, -0.05) is 27.7 Å². The van der Waals surface area contributed by atoms with Crippen LogP contribution in [0.2, 0.25) is 0 Å². The highest BCUT2D eigenvalue weighted by atomic mass is 17.3. The average Bonchev–Trinajstić information content (AvgIpc) is 3.73. The topological polar surface area (TPSA) is 180 Å². The van der Waals surface area contributed by atoms with E-state index in [0.717, 1.165) is 62.8 Å². The van der Waals surface area contributed by atoms with Crippen LogP contribution < -0.4 is 20.3 Å². The van der Waals surface area contributed by atoms with Gasteiger partial charge in [0, 0.05) is 81.5 Å². The van der Waals surface area contributed by atoms with Gasteiger partial charge in [0.1, 0.15) is 5.75 Å². The molecule has 2 aliphatic carbocycles. The maximum Gasteiger partial charge on any atom is 0.233 e. The van der Waals surface area contributed by atoms with E-state index in [4.69, 9.17) is 72.4 Å². The third-order valence-electron chi connectivity index (χ3n) is 17.5. The molecule has 0 unspecified atom stereocenters. The molecule has 2 N–H and O–H groups in total. The lowest BCUT2D eigenvalue weighted by Gasteiger charge is -2.60. The van der Waals surface area contributed by atoms with Crippen LogP contribution in [0.3, 0.4) is 0 Å². The largest absolute Gasteiger partial charge is 0.497 e. The van der Waals surface area contributed by atoms with E-state index in [0.29, 0.717) is 107 Å². The number of methoxy groups -OCH3 is 1. The molecule has 10 heterocycles. The predicted molar refractivity (Wildman–Crippen MR) is 250 cm³/mol. The van der Waals surface area contributed by atoms with E-state index in [9.17, 15) is 0 Å². The van der Waals surface area contributed by atoms with Gasteiger partial charge in [-0.25, -0.2) is 19.6 Å². The summed E-state index contributed by atoms with van der Waals surface area (Å²) >= 11 is 0. The Kier molecular flexibility index (Phi) is 13.6. The van der Waals surface area contributed by atoms with Gasteiger partial charge >= 0.3 is 0 Å². The highest BCUT2D eigenvalue weighted by Gasteiger charge is 2.71. The summed E-state index contributed by atoms with van der Waals surface area (Å²) in [5, 5.41) is 6.88. The molecular formula is C50H75N7O12. The Morgan fingerprint density at radius 1 is 0.667 bits per heavy atom. The predicted octanol–water partition coefficient (Wildman–Crippen LogP) is 6.62. The standard InChI is InChI=1S/C50H75N7O12/c1-30-8-14-38-32(3)40(62-42-49(38)36(30)16-18-47(5,64-42)66-68-49)60-28-22-56(23-29-61-41-33(4)39-15-9-31(2)37-17-19-48(6)65-43(63-41)50(37,39)69-67-48)21-20-51-44-53-45(52-34-10-12-35(58-7)13-11-34)55-46(54-44)57-24-26-59-27-25-57/h10-13,30-33,36-43H,8-9,14-29H2,1-7H3,(H2,51,52,53,54,55)/t30-,31-,32-,33-,36+,37+,38+,39+,40+,41+,42-,43-,47-,48-,49-,50-/m1/s1. The number of anilines is 4. The molecule has 4 bridgehead atoms. The van der Waals surface area contributed by atoms with Gasteiger partial charge in [-0.15, -0.1) is 0 Å². The molecule has 2 saturated carbocycles. The van der Waals surface area contributed by atoms with Gasteiger partial charge in [0.25, 0.3) is 0 Å². The summed E-state index contributed by atoms with van der Waals surface area (Å²) in [6.07, 6.45) is 5.73. The summed E-state index contributed by atoms with van der Waals surface area (Å²) in [6.45, 7) is 19.0. The van der Waals surface area contributed by atoms with Crippen molar-refractivity contribution >= 4 is 23.5 Å². The number of nitrogens with one attached hydrogen (secondary N) is 2. The first kappa shape index (κ1) is 48.2. The van der Waals surface area contributed by atoms with Gasteiger partial charge in [-0.3, -0.25) is 4.90 Å². The van der Waals surface area contributed by atoms with E-state index in [2.05, 4.69) is 48.1 Å². The SMILES string of the molecule is COc1ccc(Nc2nc(NCCN(CCO[C@H]3O[C@@H]4O[C@@]5(C)CC[C@H]6[C@H](C)CC[C@@H]([C@H]3C)[C@@]46OO5)CCO[C@H]3O[C@@H]4O[C@@]5(C)CC[C@H]6[C@H](C)CC[C@@H]([C@H]3C)[C@@]46OO5)nc(N3CCOCC3)n2)cc1. The summed E-state index contributed by atoms with van der Waals surface area (Å²) in [6, 6.07) is 7.67. The van der Waals surface area contributed by atoms with Crippen molar-refractivity contribution in [1.82, 2.24) is 19.9 Å². The van der Waals surface area contributed by atoms with Crippen LogP contribution >= 0.6 is 0 Å². The molecule has 1 aromatic heterocycles. The van der Waals surface area contributed by atoms with Crippen molar-refractivity contribution in [2.24, 2.45) is 47.3 Å². The Balaban J connectivity index is 0.782. The summed E-state index contributed by atoms with van der Waals surface area (Å²) < 4.78 is 51.4. The molecule has 0 radical (unpaired) electrons. The third-order valence-corrected chi connectivity index (χ3v) is 17.5. The van der Waals surface area contributed by atoms with Crippen molar-refractivity contribution in [3.8, 4) is 5.75 Å². The lowest BCUT2D eigenvalue weighted by Crippen LogP contribution is -2.70. The summed E-state index contributed by atoms with van der Waals surface area (Å²) in [5.74, 6) is 2.63. The first-order valence-corrected chi connectivity index (χ1v) is 26.0. The van der Waals surface area contributed by atoms with Crippen molar-refractivity contribution in [3.63, 3.8) is 0 Å². The van der Waals surface area contributed by atoms with E-state index in [1.54, 1.807) is 7.11 Å². The van der Waals surface area contributed by atoms with Crippen LogP contribution in [0.1, 0.15) is 92.9 Å². The Morgan fingerprint density at radius 2 is 1.22 bits per heavy atom.